The highest BCUT2D eigenvalue weighted by atomic mass is 35.5. The van der Waals surface area contributed by atoms with E-state index in [-0.39, 0.29) is 5.54 Å². The molecule has 3 nitrogen and oxygen atoms in total. The maximum atomic E-state index is 6.11. The van der Waals surface area contributed by atoms with E-state index < -0.39 is 0 Å². The van der Waals surface area contributed by atoms with Crippen LogP contribution in [0.1, 0.15) is 18.5 Å². The van der Waals surface area contributed by atoms with Crippen LogP contribution in [0.3, 0.4) is 0 Å². The van der Waals surface area contributed by atoms with E-state index in [1.165, 1.54) is 0 Å². The first kappa shape index (κ1) is 9.87. The number of H-pyrrole nitrogens is 1. The summed E-state index contributed by atoms with van der Waals surface area (Å²) in [5.41, 5.74) is 8.72. The molecule has 3 rings (SSSR count). The van der Waals surface area contributed by atoms with Crippen LogP contribution >= 0.6 is 11.6 Å². The molecule has 0 aliphatic heterocycles. The van der Waals surface area contributed by atoms with Crippen LogP contribution in [-0.2, 0) is 5.54 Å². The number of nitrogens with zero attached hydrogens (tertiary/aromatic N) is 1. The Balaban J connectivity index is 2.02. The van der Waals surface area contributed by atoms with Crippen molar-refractivity contribution in [3.8, 4) is 11.3 Å². The fraction of sp³-hybridized carbons (Fsp3) is 0.250. The molecule has 3 N–H and O–H groups in total. The minimum Gasteiger partial charge on any atom is -0.320 e. The number of benzene rings is 1. The van der Waals surface area contributed by atoms with E-state index in [0.29, 0.717) is 5.02 Å². The zero-order chi connectivity index (χ0) is 11.2. The molecule has 0 bridgehead atoms. The van der Waals surface area contributed by atoms with E-state index in [2.05, 4.69) is 10.2 Å². The number of halogens is 1. The SMILES string of the molecule is NC1(c2cc(-c3ccccc3Cl)n[nH]2)CC1. The van der Waals surface area contributed by atoms with Gasteiger partial charge in [-0.15, -0.1) is 0 Å². The highest BCUT2D eigenvalue weighted by Gasteiger charge is 2.41. The normalized spacial score (nSPS) is 17.4. The number of rotatable bonds is 2. The summed E-state index contributed by atoms with van der Waals surface area (Å²) in [6.45, 7) is 0. The first-order valence-corrected chi connectivity index (χ1v) is 5.66. The molecule has 1 aromatic heterocycles. The lowest BCUT2D eigenvalue weighted by atomic mass is 10.1. The lowest BCUT2D eigenvalue weighted by Gasteiger charge is -2.02. The minimum absolute atomic E-state index is 0.174. The molecule has 1 heterocycles. The van der Waals surface area contributed by atoms with Crippen LogP contribution in [0.25, 0.3) is 11.3 Å². The van der Waals surface area contributed by atoms with Crippen LogP contribution < -0.4 is 5.73 Å². The van der Waals surface area contributed by atoms with E-state index in [1.807, 2.05) is 30.3 Å². The Kier molecular flexibility index (Phi) is 2.06. The summed E-state index contributed by atoms with van der Waals surface area (Å²) in [5, 5.41) is 7.98. The van der Waals surface area contributed by atoms with Gasteiger partial charge in [-0.3, -0.25) is 5.10 Å². The predicted molar refractivity (Wildman–Crippen MR) is 64.1 cm³/mol. The third-order valence-corrected chi connectivity index (χ3v) is 3.38. The van der Waals surface area contributed by atoms with Gasteiger partial charge < -0.3 is 5.73 Å². The Hall–Kier alpha value is -1.32. The van der Waals surface area contributed by atoms with Gasteiger partial charge in [-0.1, -0.05) is 29.8 Å². The van der Waals surface area contributed by atoms with Crippen LogP contribution in [0.15, 0.2) is 30.3 Å². The van der Waals surface area contributed by atoms with E-state index >= 15 is 0 Å². The lowest BCUT2D eigenvalue weighted by molar-refractivity contribution is 0.702. The van der Waals surface area contributed by atoms with Crippen molar-refractivity contribution in [1.29, 1.82) is 0 Å². The predicted octanol–water partition coefficient (Wildman–Crippen LogP) is 2.68. The topological polar surface area (TPSA) is 54.7 Å². The largest absolute Gasteiger partial charge is 0.320 e. The second-order valence-electron chi connectivity index (χ2n) is 4.30. The number of nitrogens with one attached hydrogen (secondary N) is 1. The molecule has 16 heavy (non-hydrogen) atoms. The fourth-order valence-corrected chi connectivity index (χ4v) is 2.02. The van der Waals surface area contributed by atoms with Gasteiger partial charge >= 0.3 is 0 Å². The van der Waals surface area contributed by atoms with Gasteiger partial charge in [0.25, 0.3) is 0 Å². The zero-order valence-electron chi connectivity index (χ0n) is 8.70. The van der Waals surface area contributed by atoms with Gasteiger partial charge in [0.2, 0.25) is 0 Å². The van der Waals surface area contributed by atoms with E-state index in [9.17, 15) is 0 Å². The van der Waals surface area contributed by atoms with E-state index in [4.69, 9.17) is 17.3 Å². The Bertz CT molecular complexity index is 529. The molecule has 1 aliphatic carbocycles. The summed E-state index contributed by atoms with van der Waals surface area (Å²) in [5.74, 6) is 0. The summed E-state index contributed by atoms with van der Waals surface area (Å²) < 4.78 is 0. The molecule has 0 spiro atoms. The summed E-state index contributed by atoms with van der Waals surface area (Å²) in [7, 11) is 0. The molecule has 0 saturated heterocycles. The average Bonchev–Trinajstić information content (AvgIpc) is 2.84. The van der Waals surface area contributed by atoms with Crippen molar-refractivity contribution >= 4 is 11.6 Å². The first-order chi connectivity index (χ1) is 7.69. The highest BCUT2D eigenvalue weighted by Crippen LogP contribution is 2.42. The maximum Gasteiger partial charge on any atom is 0.0939 e. The molecular formula is C12H12ClN3. The second kappa shape index (κ2) is 3.34. The molecule has 0 unspecified atom stereocenters. The highest BCUT2D eigenvalue weighted by molar-refractivity contribution is 6.33. The quantitative estimate of drug-likeness (QED) is 0.838. The van der Waals surface area contributed by atoms with Gasteiger partial charge in [-0.25, -0.2) is 0 Å². The van der Waals surface area contributed by atoms with Crippen molar-refractivity contribution in [3.05, 3.63) is 41.0 Å². The van der Waals surface area contributed by atoms with Gasteiger partial charge in [-0.2, -0.15) is 5.10 Å². The van der Waals surface area contributed by atoms with Crippen LogP contribution in [-0.4, -0.2) is 10.2 Å². The molecular weight excluding hydrogens is 222 g/mol. The zero-order valence-corrected chi connectivity index (χ0v) is 9.46. The smallest absolute Gasteiger partial charge is 0.0939 e. The summed E-state index contributed by atoms with van der Waals surface area (Å²) in [4.78, 5) is 0. The third-order valence-electron chi connectivity index (χ3n) is 3.05. The van der Waals surface area contributed by atoms with Crippen LogP contribution in [0, 0.1) is 0 Å². The van der Waals surface area contributed by atoms with Gasteiger partial charge in [0, 0.05) is 5.56 Å². The van der Waals surface area contributed by atoms with Gasteiger partial charge in [0.05, 0.1) is 21.9 Å². The molecule has 2 aromatic rings. The number of nitrogens with two attached hydrogens (primary N) is 1. The fourth-order valence-electron chi connectivity index (χ4n) is 1.79. The Morgan fingerprint density at radius 2 is 2.06 bits per heavy atom. The van der Waals surface area contributed by atoms with Crippen LogP contribution in [0.2, 0.25) is 5.02 Å². The Labute approximate surface area is 98.6 Å². The van der Waals surface area contributed by atoms with Crippen LogP contribution in [0.4, 0.5) is 0 Å². The summed E-state index contributed by atoms with van der Waals surface area (Å²) in [6.07, 6.45) is 2.05. The molecule has 82 valence electrons. The number of hydrogen-bond acceptors (Lipinski definition) is 2. The summed E-state index contributed by atoms with van der Waals surface area (Å²) in [6, 6.07) is 9.67. The lowest BCUT2D eigenvalue weighted by Crippen LogP contribution is -2.18. The Morgan fingerprint density at radius 3 is 2.75 bits per heavy atom. The molecule has 1 aromatic carbocycles. The van der Waals surface area contributed by atoms with E-state index in [0.717, 1.165) is 29.8 Å². The molecule has 1 saturated carbocycles. The number of aromatic amines is 1. The minimum atomic E-state index is -0.174. The average molecular weight is 234 g/mol. The molecule has 0 amide bonds. The molecule has 4 heteroatoms. The number of hydrogen-bond donors (Lipinski definition) is 2. The van der Waals surface area contributed by atoms with Gasteiger partial charge in [-0.05, 0) is 25.0 Å². The second-order valence-corrected chi connectivity index (χ2v) is 4.71. The maximum absolute atomic E-state index is 6.11. The standard InChI is InChI=1S/C12H12ClN3/c13-9-4-2-1-3-8(9)10-7-11(16-15-10)12(14)5-6-12/h1-4,7H,5-6,14H2,(H,15,16). The van der Waals surface area contributed by atoms with Crippen molar-refractivity contribution in [1.82, 2.24) is 10.2 Å². The summed E-state index contributed by atoms with van der Waals surface area (Å²) >= 11 is 6.11. The van der Waals surface area contributed by atoms with Crippen molar-refractivity contribution in [3.63, 3.8) is 0 Å². The number of aromatic nitrogens is 2. The van der Waals surface area contributed by atoms with Crippen molar-refractivity contribution in [2.24, 2.45) is 5.73 Å². The van der Waals surface area contributed by atoms with E-state index in [1.54, 1.807) is 0 Å². The molecule has 1 fully saturated rings. The first-order valence-electron chi connectivity index (χ1n) is 5.29. The van der Waals surface area contributed by atoms with Gasteiger partial charge in [0.15, 0.2) is 0 Å². The third kappa shape index (κ3) is 1.52. The van der Waals surface area contributed by atoms with Crippen molar-refractivity contribution < 1.29 is 0 Å². The van der Waals surface area contributed by atoms with Crippen molar-refractivity contribution in [2.45, 2.75) is 18.4 Å². The Morgan fingerprint density at radius 1 is 1.31 bits per heavy atom. The molecule has 1 aliphatic rings. The molecule has 0 atom stereocenters. The van der Waals surface area contributed by atoms with Gasteiger partial charge in [0.1, 0.15) is 0 Å². The molecule has 0 radical (unpaired) electrons. The monoisotopic (exact) mass is 233 g/mol. The van der Waals surface area contributed by atoms with Crippen LogP contribution in [0.5, 0.6) is 0 Å². The van der Waals surface area contributed by atoms with Crippen molar-refractivity contribution in [2.75, 3.05) is 0 Å².